The molecule has 1 aromatic carbocycles. The molecule has 1 saturated heterocycles. The van der Waals surface area contributed by atoms with Crippen molar-refractivity contribution in [2.24, 2.45) is 5.92 Å². The summed E-state index contributed by atoms with van der Waals surface area (Å²) in [6.07, 6.45) is 0.495. The number of halogens is 3. The van der Waals surface area contributed by atoms with Crippen LogP contribution in [0.15, 0.2) is 36.4 Å². The quantitative estimate of drug-likeness (QED) is 0.830. The zero-order valence-corrected chi connectivity index (χ0v) is 14.0. The molecule has 136 valence electrons. The van der Waals surface area contributed by atoms with Gasteiger partial charge in [-0.15, -0.1) is 0 Å². The molecule has 0 bridgehead atoms. The van der Waals surface area contributed by atoms with E-state index in [0.29, 0.717) is 5.69 Å². The van der Waals surface area contributed by atoms with Crippen LogP contribution in [0, 0.1) is 5.92 Å². The van der Waals surface area contributed by atoms with Crippen LogP contribution < -0.4 is 5.32 Å². The van der Waals surface area contributed by atoms with E-state index >= 15 is 0 Å². The molecule has 1 heterocycles. The van der Waals surface area contributed by atoms with Crippen molar-refractivity contribution in [3.63, 3.8) is 0 Å². The molecule has 1 saturated carbocycles. The van der Waals surface area contributed by atoms with E-state index in [1.54, 1.807) is 6.08 Å². The topological polar surface area (TPSA) is 47.6 Å². The SMILES string of the molecule is CC1(C)O[C@H]2CC(/C=C/C(=O)Nc3ccc(C(F)(F)F)cc3)C[C@H]2O1. The average Bonchev–Trinajstić information content (AvgIpc) is 2.97. The maximum Gasteiger partial charge on any atom is 0.416 e. The van der Waals surface area contributed by atoms with E-state index in [2.05, 4.69) is 5.32 Å². The predicted octanol–water partition coefficient (Wildman–Crippen LogP) is 4.13. The molecule has 1 aromatic rings. The molecule has 1 aliphatic heterocycles. The van der Waals surface area contributed by atoms with Crippen LogP contribution in [0.25, 0.3) is 0 Å². The summed E-state index contributed by atoms with van der Waals surface area (Å²) in [6, 6.07) is 4.35. The zero-order chi connectivity index (χ0) is 18.2. The van der Waals surface area contributed by atoms with Crippen molar-refractivity contribution in [3.8, 4) is 0 Å². The fourth-order valence-electron chi connectivity index (χ4n) is 3.31. The number of allylic oxidation sites excluding steroid dienone is 1. The Bertz CT molecular complexity index is 651. The van der Waals surface area contributed by atoms with E-state index in [9.17, 15) is 18.0 Å². The molecule has 1 aliphatic carbocycles. The van der Waals surface area contributed by atoms with E-state index in [1.165, 1.54) is 18.2 Å². The van der Waals surface area contributed by atoms with Crippen molar-refractivity contribution >= 4 is 11.6 Å². The molecule has 4 nitrogen and oxygen atoms in total. The van der Waals surface area contributed by atoms with Crippen molar-refractivity contribution in [2.75, 3.05) is 5.32 Å². The van der Waals surface area contributed by atoms with Crippen LogP contribution >= 0.6 is 0 Å². The van der Waals surface area contributed by atoms with E-state index in [1.807, 2.05) is 13.8 Å². The third kappa shape index (κ3) is 4.41. The zero-order valence-electron chi connectivity index (χ0n) is 14.0. The Morgan fingerprint density at radius 2 is 1.72 bits per heavy atom. The van der Waals surface area contributed by atoms with Crippen LogP contribution in [0.2, 0.25) is 0 Å². The summed E-state index contributed by atoms with van der Waals surface area (Å²) in [5, 5.41) is 2.55. The second-order valence-electron chi connectivity index (χ2n) is 6.87. The lowest BCUT2D eigenvalue weighted by molar-refractivity contribution is -0.152. The minimum absolute atomic E-state index is 0.0441. The molecule has 0 spiro atoms. The van der Waals surface area contributed by atoms with Gasteiger partial charge in [-0.05, 0) is 62.9 Å². The molecular formula is C18H20F3NO3. The maximum atomic E-state index is 12.5. The molecule has 0 radical (unpaired) electrons. The van der Waals surface area contributed by atoms with Gasteiger partial charge in [0.25, 0.3) is 0 Å². The lowest BCUT2D eigenvalue weighted by Gasteiger charge is -2.19. The smallest absolute Gasteiger partial charge is 0.345 e. The Labute approximate surface area is 144 Å². The van der Waals surface area contributed by atoms with Crippen LogP contribution in [0.5, 0.6) is 0 Å². The van der Waals surface area contributed by atoms with Gasteiger partial charge in [-0.25, -0.2) is 0 Å². The number of hydrogen-bond donors (Lipinski definition) is 1. The van der Waals surface area contributed by atoms with E-state index in [4.69, 9.17) is 9.47 Å². The first kappa shape index (κ1) is 17.9. The highest BCUT2D eigenvalue weighted by Gasteiger charge is 2.46. The summed E-state index contributed by atoms with van der Waals surface area (Å²) in [6.45, 7) is 3.77. The van der Waals surface area contributed by atoms with Gasteiger partial charge in [0.2, 0.25) is 5.91 Å². The third-order valence-electron chi connectivity index (χ3n) is 4.35. The second kappa shape index (κ2) is 6.46. The number of carbonyl (C=O) groups excluding carboxylic acids is 1. The van der Waals surface area contributed by atoms with Gasteiger partial charge in [-0.1, -0.05) is 6.08 Å². The summed E-state index contributed by atoms with van der Waals surface area (Å²) >= 11 is 0. The summed E-state index contributed by atoms with van der Waals surface area (Å²) in [5.41, 5.74) is -0.430. The second-order valence-corrected chi connectivity index (χ2v) is 6.87. The first-order valence-electron chi connectivity index (χ1n) is 8.14. The van der Waals surface area contributed by atoms with Gasteiger partial charge in [0.1, 0.15) is 0 Å². The molecule has 3 rings (SSSR count). The number of benzene rings is 1. The van der Waals surface area contributed by atoms with Crippen molar-refractivity contribution < 1.29 is 27.4 Å². The molecule has 2 aliphatic rings. The number of alkyl halides is 3. The van der Waals surface area contributed by atoms with Crippen LogP contribution in [0.1, 0.15) is 32.3 Å². The van der Waals surface area contributed by atoms with Crippen LogP contribution in [-0.4, -0.2) is 23.9 Å². The standard InChI is InChI=1S/C18H20F3NO3/c1-17(2)24-14-9-11(10-15(14)25-17)3-8-16(23)22-13-6-4-12(5-7-13)18(19,20)21/h3-8,11,14-15H,9-10H2,1-2H3,(H,22,23)/b8-3+/t11?,14-,15+. The number of nitrogens with one attached hydrogen (secondary N) is 1. The molecule has 2 fully saturated rings. The number of ether oxygens (including phenoxy) is 2. The highest BCUT2D eigenvalue weighted by Crippen LogP contribution is 2.41. The van der Waals surface area contributed by atoms with Crippen molar-refractivity contribution in [1.29, 1.82) is 0 Å². The average molecular weight is 355 g/mol. The lowest BCUT2D eigenvalue weighted by Crippen LogP contribution is -2.22. The lowest BCUT2D eigenvalue weighted by atomic mass is 10.1. The Kier molecular flexibility index (Phi) is 4.64. The molecule has 3 atom stereocenters. The monoisotopic (exact) mass is 355 g/mol. The first-order chi connectivity index (χ1) is 11.6. The number of carbonyl (C=O) groups is 1. The number of anilines is 1. The Morgan fingerprint density at radius 1 is 1.16 bits per heavy atom. The Balaban J connectivity index is 1.51. The van der Waals surface area contributed by atoms with Crippen LogP contribution in [0.4, 0.5) is 18.9 Å². The van der Waals surface area contributed by atoms with Gasteiger partial charge >= 0.3 is 6.18 Å². The van der Waals surface area contributed by atoms with Gasteiger partial charge in [-0.2, -0.15) is 13.2 Å². The third-order valence-corrected chi connectivity index (χ3v) is 4.35. The minimum Gasteiger partial charge on any atom is -0.345 e. The van der Waals surface area contributed by atoms with E-state index < -0.39 is 17.5 Å². The van der Waals surface area contributed by atoms with Gasteiger partial charge in [0, 0.05) is 5.69 Å². The van der Waals surface area contributed by atoms with E-state index in [0.717, 1.165) is 25.0 Å². The van der Waals surface area contributed by atoms with Gasteiger partial charge in [0.05, 0.1) is 17.8 Å². The normalized spacial score (nSPS) is 28.3. The van der Waals surface area contributed by atoms with Gasteiger partial charge in [0.15, 0.2) is 5.79 Å². The van der Waals surface area contributed by atoms with Crippen molar-refractivity contribution in [1.82, 2.24) is 0 Å². The number of amides is 1. The molecule has 25 heavy (non-hydrogen) atoms. The number of hydrogen-bond acceptors (Lipinski definition) is 3. The molecular weight excluding hydrogens is 335 g/mol. The molecule has 0 aromatic heterocycles. The summed E-state index contributed by atoms with van der Waals surface area (Å²) in [4.78, 5) is 11.9. The van der Waals surface area contributed by atoms with Crippen molar-refractivity contribution in [3.05, 3.63) is 42.0 Å². The fraction of sp³-hybridized carbons (Fsp3) is 0.500. The highest BCUT2D eigenvalue weighted by molar-refractivity contribution is 5.99. The van der Waals surface area contributed by atoms with Crippen LogP contribution in [-0.2, 0) is 20.4 Å². The van der Waals surface area contributed by atoms with Crippen molar-refractivity contribution in [2.45, 2.75) is 50.9 Å². The van der Waals surface area contributed by atoms with Gasteiger partial charge in [-0.3, -0.25) is 4.79 Å². The van der Waals surface area contributed by atoms with Crippen LogP contribution in [0.3, 0.4) is 0 Å². The molecule has 7 heteroatoms. The Hall–Kier alpha value is -1.86. The van der Waals surface area contributed by atoms with Gasteiger partial charge < -0.3 is 14.8 Å². The summed E-state index contributed by atoms with van der Waals surface area (Å²) in [7, 11) is 0. The summed E-state index contributed by atoms with van der Waals surface area (Å²) in [5.74, 6) is -0.743. The predicted molar refractivity (Wildman–Crippen MR) is 85.8 cm³/mol. The number of fused-ring (bicyclic) bond motifs is 1. The fourth-order valence-corrected chi connectivity index (χ4v) is 3.31. The number of rotatable bonds is 3. The maximum absolute atomic E-state index is 12.5. The minimum atomic E-state index is -4.39. The summed E-state index contributed by atoms with van der Waals surface area (Å²) < 4.78 is 49.1. The largest absolute Gasteiger partial charge is 0.416 e. The first-order valence-corrected chi connectivity index (χ1v) is 8.14. The molecule has 1 N–H and O–H groups in total. The Morgan fingerprint density at radius 3 is 2.24 bits per heavy atom. The molecule has 1 unspecified atom stereocenters. The highest BCUT2D eigenvalue weighted by atomic mass is 19.4. The molecule has 1 amide bonds. The van der Waals surface area contributed by atoms with E-state index in [-0.39, 0.29) is 24.0 Å².